The minimum absolute atomic E-state index is 0.0556. The van der Waals surface area contributed by atoms with E-state index < -0.39 is 5.60 Å². The Morgan fingerprint density at radius 1 is 1.40 bits per heavy atom. The van der Waals surface area contributed by atoms with Gasteiger partial charge < -0.3 is 15.3 Å². The minimum Gasteiger partial charge on any atom is -0.386 e. The van der Waals surface area contributed by atoms with Crippen molar-refractivity contribution >= 4 is 27.7 Å². The van der Waals surface area contributed by atoms with Crippen LogP contribution in [0.15, 0.2) is 28.7 Å². The topological polar surface area (TPSA) is 69.6 Å². The van der Waals surface area contributed by atoms with Gasteiger partial charge in [0.1, 0.15) is 0 Å². The molecule has 0 saturated carbocycles. The number of hydrogen-bond donors (Lipinski definition) is 2. The molecule has 6 heteroatoms. The molecular formula is C14H17BrN2O3. The van der Waals surface area contributed by atoms with E-state index >= 15 is 0 Å². The van der Waals surface area contributed by atoms with E-state index in [4.69, 9.17) is 0 Å². The highest BCUT2D eigenvalue weighted by molar-refractivity contribution is 9.10. The molecule has 0 spiro atoms. The number of benzene rings is 1. The minimum atomic E-state index is -0.748. The fourth-order valence-corrected chi connectivity index (χ4v) is 2.54. The lowest BCUT2D eigenvalue weighted by molar-refractivity contribution is -0.154. The van der Waals surface area contributed by atoms with Gasteiger partial charge in [0.05, 0.1) is 30.8 Å². The Labute approximate surface area is 126 Å². The normalized spacial score (nSPS) is 16.4. The van der Waals surface area contributed by atoms with Crippen LogP contribution in [0.2, 0.25) is 0 Å². The largest absolute Gasteiger partial charge is 0.386 e. The highest BCUT2D eigenvalue weighted by atomic mass is 79.9. The highest BCUT2D eigenvalue weighted by Gasteiger charge is 2.41. The molecule has 1 aliphatic heterocycles. The zero-order valence-electron chi connectivity index (χ0n) is 11.2. The molecule has 2 rings (SSSR count). The van der Waals surface area contributed by atoms with Crippen molar-refractivity contribution in [3.63, 3.8) is 0 Å². The van der Waals surface area contributed by atoms with E-state index in [0.29, 0.717) is 29.5 Å². The van der Waals surface area contributed by atoms with Crippen LogP contribution in [0.25, 0.3) is 0 Å². The molecule has 0 unspecified atom stereocenters. The quantitative estimate of drug-likeness (QED) is 0.864. The number of hydrogen-bond acceptors (Lipinski definition) is 3. The van der Waals surface area contributed by atoms with E-state index in [1.165, 1.54) is 0 Å². The highest BCUT2D eigenvalue weighted by Crippen LogP contribution is 2.23. The van der Waals surface area contributed by atoms with Gasteiger partial charge in [0.15, 0.2) is 0 Å². The molecule has 0 atom stereocenters. The summed E-state index contributed by atoms with van der Waals surface area (Å²) in [5, 5.41) is 12.4. The van der Waals surface area contributed by atoms with Crippen LogP contribution in [0.4, 0.5) is 0 Å². The fourth-order valence-electron chi connectivity index (χ4n) is 2.07. The lowest BCUT2D eigenvalue weighted by Crippen LogP contribution is -2.64. The van der Waals surface area contributed by atoms with Crippen LogP contribution in [-0.4, -0.2) is 47.1 Å². The van der Waals surface area contributed by atoms with Crippen molar-refractivity contribution in [1.29, 1.82) is 0 Å². The van der Waals surface area contributed by atoms with Gasteiger partial charge in [-0.25, -0.2) is 0 Å². The van der Waals surface area contributed by atoms with E-state index in [9.17, 15) is 14.7 Å². The number of nitrogens with one attached hydrogen (secondary N) is 1. The molecule has 2 amide bonds. The molecule has 0 aliphatic carbocycles. The van der Waals surface area contributed by atoms with Crippen LogP contribution in [0, 0.1) is 0 Å². The number of halogens is 1. The van der Waals surface area contributed by atoms with Crippen molar-refractivity contribution in [3.05, 3.63) is 34.3 Å². The summed E-state index contributed by atoms with van der Waals surface area (Å²) < 4.78 is 0.689. The molecule has 0 bridgehead atoms. The predicted octanol–water partition coefficient (Wildman–Crippen LogP) is 1.16. The SMILES string of the molecule is CCC1(O)CN(C(=O)CNC(=O)c2ccccc2Br)C1. The summed E-state index contributed by atoms with van der Waals surface area (Å²) in [6.07, 6.45) is 0.625. The second-order valence-electron chi connectivity index (χ2n) is 4.99. The molecule has 0 aromatic heterocycles. The first kappa shape index (κ1) is 15.0. The standard InChI is InChI=1S/C14H17BrN2O3/c1-2-14(20)8-17(9-14)12(18)7-16-13(19)10-5-3-4-6-11(10)15/h3-6,20H,2,7-9H2,1H3,(H,16,19). The first-order chi connectivity index (χ1) is 9.45. The fraction of sp³-hybridized carbons (Fsp3) is 0.429. The predicted molar refractivity (Wildman–Crippen MR) is 78.3 cm³/mol. The van der Waals surface area contributed by atoms with Gasteiger partial charge in [0.25, 0.3) is 5.91 Å². The molecule has 2 N–H and O–H groups in total. The second kappa shape index (κ2) is 5.93. The van der Waals surface area contributed by atoms with Crippen LogP contribution in [0.5, 0.6) is 0 Å². The van der Waals surface area contributed by atoms with Crippen molar-refractivity contribution in [1.82, 2.24) is 10.2 Å². The average molecular weight is 341 g/mol. The molecule has 0 radical (unpaired) electrons. The molecule has 5 nitrogen and oxygen atoms in total. The van der Waals surface area contributed by atoms with Gasteiger partial charge >= 0.3 is 0 Å². The molecule has 108 valence electrons. The Kier molecular flexibility index (Phi) is 4.45. The number of likely N-dealkylation sites (tertiary alicyclic amines) is 1. The maximum absolute atomic E-state index is 11.9. The molecule has 1 fully saturated rings. The zero-order valence-corrected chi connectivity index (χ0v) is 12.8. The van der Waals surface area contributed by atoms with E-state index in [1.54, 1.807) is 23.1 Å². The van der Waals surface area contributed by atoms with E-state index in [0.717, 1.165) is 0 Å². The summed E-state index contributed by atoms with van der Waals surface area (Å²) in [7, 11) is 0. The number of carbonyl (C=O) groups excluding carboxylic acids is 2. The summed E-state index contributed by atoms with van der Waals surface area (Å²) >= 11 is 3.29. The van der Waals surface area contributed by atoms with Gasteiger partial charge in [-0.1, -0.05) is 19.1 Å². The smallest absolute Gasteiger partial charge is 0.252 e. The van der Waals surface area contributed by atoms with Gasteiger partial charge in [-0.15, -0.1) is 0 Å². The summed E-state index contributed by atoms with van der Waals surface area (Å²) in [6, 6.07) is 7.03. The summed E-state index contributed by atoms with van der Waals surface area (Å²) in [6.45, 7) is 2.51. The van der Waals surface area contributed by atoms with Crippen molar-refractivity contribution in [3.8, 4) is 0 Å². The Morgan fingerprint density at radius 3 is 2.65 bits per heavy atom. The van der Waals surface area contributed by atoms with Crippen LogP contribution < -0.4 is 5.32 Å². The number of aliphatic hydroxyl groups is 1. The third-order valence-electron chi connectivity index (χ3n) is 3.50. The number of amides is 2. The summed E-state index contributed by atoms with van der Waals surface area (Å²) in [5.41, 5.74) is -0.253. The van der Waals surface area contributed by atoms with Gasteiger partial charge in [-0.2, -0.15) is 0 Å². The average Bonchev–Trinajstić information content (AvgIpc) is 2.41. The Bertz CT molecular complexity index is 527. The van der Waals surface area contributed by atoms with E-state index in [-0.39, 0.29) is 18.4 Å². The summed E-state index contributed by atoms with van der Waals surface area (Å²) in [5.74, 6) is -0.472. The lowest BCUT2D eigenvalue weighted by atomic mass is 9.91. The van der Waals surface area contributed by atoms with Gasteiger partial charge in [-0.05, 0) is 34.5 Å². The Balaban J connectivity index is 1.83. The third-order valence-corrected chi connectivity index (χ3v) is 4.19. The number of rotatable bonds is 4. The first-order valence-corrected chi connectivity index (χ1v) is 7.27. The molecule has 20 heavy (non-hydrogen) atoms. The van der Waals surface area contributed by atoms with Crippen LogP contribution >= 0.6 is 15.9 Å². The van der Waals surface area contributed by atoms with Crippen molar-refractivity contribution in [2.75, 3.05) is 19.6 Å². The maximum Gasteiger partial charge on any atom is 0.252 e. The second-order valence-corrected chi connectivity index (χ2v) is 5.84. The third kappa shape index (κ3) is 3.19. The molecule has 1 aromatic rings. The monoisotopic (exact) mass is 340 g/mol. The van der Waals surface area contributed by atoms with Crippen molar-refractivity contribution < 1.29 is 14.7 Å². The molecular weight excluding hydrogens is 324 g/mol. The number of nitrogens with zero attached hydrogens (tertiary/aromatic N) is 1. The zero-order chi connectivity index (χ0) is 14.8. The molecule has 1 aliphatic rings. The number of β-amino-alcohol motifs (C(OH)–C–C–N with tert-alkyl or cyclic N) is 1. The molecule has 1 saturated heterocycles. The number of carbonyl (C=O) groups is 2. The van der Waals surface area contributed by atoms with Crippen molar-refractivity contribution in [2.24, 2.45) is 0 Å². The first-order valence-electron chi connectivity index (χ1n) is 6.48. The Hall–Kier alpha value is -1.40. The van der Waals surface area contributed by atoms with Crippen LogP contribution in [0.1, 0.15) is 23.7 Å². The van der Waals surface area contributed by atoms with E-state index in [1.807, 2.05) is 13.0 Å². The van der Waals surface area contributed by atoms with Crippen molar-refractivity contribution in [2.45, 2.75) is 18.9 Å². The molecule has 1 aromatic carbocycles. The van der Waals surface area contributed by atoms with Gasteiger partial charge in [0, 0.05) is 4.47 Å². The lowest BCUT2D eigenvalue weighted by Gasteiger charge is -2.46. The van der Waals surface area contributed by atoms with E-state index in [2.05, 4.69) is 21.2 Å². The Morgan fingerprint density at radius 2 is 2.05 bits per heavy atom. The van der Waals surface area contributed by atoms with Crippen LogP contribution in [0.3, 0.4) is 0 Å². The summed E-state index contributed by atoms with van der Waals surface area (Å²) in [4.78, 5) is 25.3. The van der Waals surface area contributed by atoms with Gasteiger partial charge in [-0.3, -0.25) is 9.59 Å². The van der Waals surface area contributed by atoms with Gasteiger partial charge in [0.2, 0.25) is 5.91 Å². The van der Waals surface area contributed by atoms with Crippen LogP contribution in [-0.2, 0) is 4.79 Å². The molecule has 1 heterocycles. The maximum atomic E-state index is 11.9.